The Balaban J connectivity index is 3.71. The Bertz CT molecular complexity index is 124. The minimum atomic E-state index is -1.14. The number of hydrogen-bond acceptors (Lipinski definition) is 3. The number of ether oxygens (including phenoxy) is 1. The summed E-state index contributed by atoms with van der Waals surface area (Å²) in [6.45, 7) is 1.84. The molecule has 1 N–H and O–H groups in total. The summed E-state index contributed by atoms with van der Waals surface area (Å²) < 4.78 is 4.79. The predicted molar refractivity (Wildman–Crippen MR) is 38.0 cm³/mol. The molecule has 0 fully saturated rings. The first-order chi connectivity index (χ1) is 5.11. The van der Waals surface area contributed by atoms with E-state index >= 15 is 0 Å². The number of hydrogen-bond donors (Lipinski definition) is 1. The largest absolute Gasteiger partial charge is 0.463 e. The van der Waals surface area contributed by atoms with Crippen LogP contribution in [-0.4, -0.2) is 36.7 Å². The van der Waals surface area contributed by atoms with E-state index in [4.69, 9.17) is 14.7 Å². The summed E-state index contributed by atoms with van der Waals surface area (Å²) in [4.78, 5) is 15.0. The van der Waals surface area contributed by atoms with Gasteiger partial charge in [-0.1, -0.05) is 6.92 Å². The van der Waals surface area contributed by atoms with Gasteiger partial charge in [0.25, 0.3) is 0 Å². The third-order valence-corrected chi connectivity index (χ3v) is 1.14. The molecule has 0 radical (unpaired) electrons. The van der Waals surface area contributed by atoms with Crippen molar-refractivity contribution in [1.29, 1.82) is 0 Å². The Morgan fingerprint density at radius 2 is 2.27 bits per heavy atom. The van der Waals surface area contributed by atoms with Crippen molar-refractivity contribution in [3.8, 4) is 0 Å². The van der Waals surface area contributed by atoms with E-state index in [2.05, 4.69) is 0 Å². The third kappa shape index (κ3) is 3.79. The van der Waals surface area contributed by atoms with Crippen molar-refractivity contribution >= 4 is 6.09 Å². The first kappa shape index (κ1) is 10.2. The van der Waals surface area contributed by atoms with E-state index in [0.717, 1.165) is 5.06 Å². The lowest BCUT2D eigenvalue weighted by molar-refractivity contribution is -0.242. The van der Waals surface area contributed by atoms with E-state index in [-0.39, 0.29) is 0 Å². The summed E-state index contributed by atoms with van der Waals surface area (Å²) in [7, 11) is 2.77. The molecule has 5 heteroatoms. The highest BCUT2D eigenvalue weighted by atomic mass is 16.8. The second kappa shape index (κ2) is 4.92. The zero-order valence-corrected chi connectivity index (χ0v) is 6.90. The lowest BCUT2D eigenvalue weighted by Crippen LogP contribution is -2.31. The Morgan fingerprint density at radius 1 is 1.73 bits per heavy atom. The van der Waals surface area contributed by atoms with Gasteiger partial charge in [-0.05, 0) is 6.42 Å². The van der Waals surface area contributed by atoms with E-state index < -0.39 is 12.4 Å². The first-order valence-electron chi connectivity index (χ1n) is 3.28. The molecule has 5 nitrogen and oxygen atoms in total. The number of nitrogens with zero attached hydrogens (tertiary/aromatic N) is 1. The van der Waals surface area contributed by atoms with Gasteiger partial charge in [-0.3, -0.25) is 0 Å². The Labute approximate surface area is 65.5 Å². The van der Waals surface area contributed by atoms with Crippen molar-refractivity contribution in [3.63, 3.8) is 0 Å². The smallest absolute Gasteiger partial charge is 0.431 e. The molecular weight excluding hydrogens is 150 g/mol. The summed E-state index contributed by atoms with van der Waals surface area (Å²) in [6, 6.07) is 0. The van der Waals surface area contributed by atoms with E-state index in [1.54, 1.807) is 0 Å². The van der Waals surface area contributed by atoms with Gasteiger partial charge in [-0.15, -0.1) is 0 Å². The fraction of sp³-hybridized carbons (Fsp3) is 0.833. The van der Waals surface area contributed by atoms with Crippen LogP contribution in [0.3, 0.4) is 0 Å². The van der Waals surface area contributed by atoms with Gasteiger partial charge >= 0.3 is 6.09 Å². The molecule has 1 amide bonds. The van der Waals surface area contributed by atoms with Crippen LogP contribution in [-0.2, 0) is 9.57 Å². The minimum absolute atomic E-state index is 0.490. The predicted octanol–water partition coefficient (Wildman–Crippen LogP) is 0.910. The van der Waals surface area contributed by atoms with Crippen LogP contribution in [0.15, 0.2) is 0 Å². The molecule has 0 saturated carbocycles. The van der Waals surface area contributed by atoms with Gasteiger partial charge in [-0.25, -0.2) is 9.63 Å². The van der Waals surface area contributed by atoms with Crippen molar-refractivity contribution < 1.29 is 19.5 Å². The number of rotatable bonds is 4. The van der Waals surface area contributed by atoms with Gasteiger partial charge in [0.2, 0.25) is 0 Å². The second-order valence-corrected chi connectivity index (χ2v) is 1.96. The molecule has 0 aliphatic heterocycles. The molecule has 0 spiro atoms. The van der Waals surface area contributed by atoms with E-state index in [1.807, 2.05) is 6.92 Å². The summed E-state index contributed by atoms with van der Waals surface area (Å²) in [5.41, 5.74) is 0. The average Bonchev–Trinajstić information content (AvgIpc) is 1.99. The van der Waals surface area contributed by atoms with Crippen LogP contribution < -0.4 is 0 Å². The maximum absolute atomic E-state index is 10.2. The molecule has 0 aromatic rings. The fourth-order valence-corrected chi connectivity index (χ4v) is 0.506. The van der Waals surface area contributed by atoms with Crippen LogP contribution in [0, 0.1) is 0 Å². The van der Waals surface area contributed by atoms with Gasteiger partial charge < -0.3 is 9.84 Å². The first-order valence-corrected chi connectivity index (χ1v) is 3.28. The number of carbonyl (C=O) groups is 1. The number of hydroxylamine groups is 2. The summed E-state index contributed by atoms with van der Waals surface area (Å²) in [6.07, 6.45) is -1.02. The van der Waals surface area contributed by atoms with Crippen LogP contribution in [0.5, 0.6) is 0 Å². The fourth-order valence-electron chi connectivity index (χ4n) is 0.506. The van der Waals surface area contributed by atoms with Crippen LogP contribution in [0.2, 0.25) is 0 Å². The third-order valence-electron chi connectivity index (χ3n) is 1.14. The van der Waals surface area contributed by atoms with Crippen LogP contribution in [0.25, 0.3) is 0 Å². The number of carboxylic acid groups (broad SMARTS) is 1. The lowest BCUT2D eigenvalue weighted by Gasteiger charge is -2.19. The van der Waals surface area contributed by atoms with Crippen LogP contribution in [0.1, 0.15) is 13.3 Å². The SMILES string of the molecule is CCC(OC)ON(C)C(=O)O. The van der Waals surface area contributed by atoms with E-state index in [1.165, 1.54) is 14.2 Å². The van der Waals surface area contributed by atoms with E-state index in [0.29, 0.717) is 6.42 Å². The van der Waals surface area contributed by atoms with Gasteiger partial charge in [0, 0.05) is 14.2 Å². The van der Waals surface area contributed by atoms with Crippen molar-refractivity contribution in [2.75, 3.05) is 14.2 Å². The number of methoxy groups -OCH3 is 1. The van der Waals surface area contributed by atoms with Crippen molar-refractivity contribution in [3.05, 3.63) is 0 Å². The minimum Gasteiger partial charge on any atom is -0.463 e. The molecule has 1 atom stereocenters. The van der Waals surface area contributed by atoms with Gasteiger partial charge in [0.15, 0.2) is 6.29 Å². The summed E-state index contributed by atoms with van der Waals surface area (Å²) >= 11 is 0. The zero-order valence-electron chi connectivity index (χ0n) is 6.90. The van der Waals surface area contributed by atoms with Crippen LogP contribution >= 0.6 is 0 Å². The number of amides is 1. The molecule has 0 aliphatic rings. The molecule has 0 saturated heterocycles. The van der Waals surface area contributed by atoms with Crippen molar-refractivity contribution in [2.45, 2.75) is 19.6 Å². The van der Waals surface area contributed by atoms with Crippen molar-refractivity contribution in [2.24, 2.45) is 0 Å². The summed E-state index contributed by atoms with van der Waals surface area (Å²) in [5.74, 6) is 0. The molecule has 0 rings (SSSR count). The zero-order chi connectivity index (χ0) is 8.85. The topological polar surface area (TPSA) is 59.0 Å². The average molecular weight is 163 g/mol. The van der Waals surface area contributed by atoms with Crippen LogP contribution in [0.4, 0.5) is 4.79 Å². The van der Waals surface area contributed by atoms with Gasteiger partial charge in [-0.2, -0.15) is 5.06 Å². The Kier molecular flexibility index (Phi) is 4.56. The second-order valence-electron chi connectivity index (χ2n) is 1.96. The molecule has 1 unspecified atom stereocenters. The molecule has 66 valence electrons. The Morgan fingerprint density at radius 3 is 2.55 bits per heavy atom. The highest BCUT2D eigenvalue weighted by molar-refractivity contribution is 5.62. The highest BCUT2D eigenvalue weighted by Gasteiger charge is 2.12. The molecule has 0 heterocycles. The molecule has 0 bridgehead atoms. The normalized spacial score (nSPS) is 12.6. The van der Waals surface area contributed by atoms with Crippen molar-refractivity contribution in [1.82, 2.24) is 5.06 Å². The Hall–Kier alpha value is -0.810. The molecule has 0 aromatic heterocycles. The lowest BCUT2D eigenvalue weighted by atomic mass is 10.5. The molecule has 0 aromatic carbocycles. The highest BCUT2D eigenvalue weighted by Crippen LogP contribution is 2.00. The monoisotopic (exact) mass is 163 g/mol. The van der Waals surface area contributed by atoms with Gasteiger partial charge in [0.05, 0.1) is 0 Å². The summed E-state index contributed by atoms with van der Waals surface area (Å²) in [5, 5.41) is 9.09. The maximum atomic E-state index is 10.2. The molecule has 11 heavy (non-hydrogen) atoms. The molecule has 0 aliphatic carbocycles. The quantitative estimate of drug-likeness (QED) is 0.494. The maximum Gasteiger partial charge on any atom is 0.431 e. The van der Waals surface area contributed by atoms with Gasteiger partial charge in [0.1, 0.15) is 0 Å². The standard InChI is InChI=1S/C6H13NO4/c1-4-5(10-3)11-7(2)6(8)9/h5H,4H2,1-3H3,(H,8,9). The molecular formula is C6H13NO4. The van der Waals surface area contributed by atoms with E-state index in [9.17, 15) is 4.79 Å².